The van der Waals surface area contributed by atoms with Gasteiger partial charge in [-0.2, -0.15) is 0 Å². The highest BCUT2D eigenvalue weighted by molar-refractivity contribution is 6.31. The maximum absolute atomic E-state index is 13.0. The van der Waals surface area contributed by atoms with Crippen LogP contribution in [-0.2, 0) is 30.2 Å². The van der Waals surface area contributed by atoms with Crippen LogP contribution in [0.2, 0.25) is 0 Å². The van der Waals surface area contributed by atoms with Crippen LogP contribution in [0.3, 0.4) is 0 Å². The lowest BCUT2D eigenvalue weighted by Crippen LogP contribution is -2.53. The number of carbonyl (C=O) groups excluding carboxylic acids is 3. The first-order valence-electron chi connectivity index (χ1n) is 16.9. The molecule has 2 aromatic carbocycles. The van der Waals surface area contributed by atoms with Crippen LogP contribution in [0.5, 0.6) is 17.2 Å². The lowest BCUT2D eigenvalue weighted by atomic mass is 9.76. The first-order valence-corrected chi connectivity index (χ1v) is 16.9. The second kappa shape index (κ2) is 15.3. The number of carbonyl (C=O) groups is 3. The Hall–Kier alpha value is -3.67. The Balaban J connectivity index is 0.000000152. The molecule has 8 rings (SSSR count). The summed E-state index contributed by atoms with van der Waals surface area (Å²) in [4.78, 5) is 38.2. The van der Waals surface area contributed by atoms with E-state index in [4.69, 9.17) is 23.7 Å². The minimum Gasteiger partial charge on any atom is -0.507 e. The zero-order valence-electron chi connectivity index (χ0n) is 28.3. The molecule has 7 unspecified atom stereocenters. The van der Waals surface area contributed by atoms with Gasteiger partial charge in [-0.25, -0.2) is 0 Å². The van der Waals surface area contributed by atoms with Gasteiger partial charge in [0.1, 0.15) is 23.4 Å². The van der Waals surface area contributed by atoms with E-state index in [1.165, 1.54) is 19.2 Å². The van der Waals surface area contributed by atoms with E-state index in [0.717, 1.165) is 52.1 Å². The summed E-state index contributed by atoms with van der Waals surface area (Å²) in [5.74, 6) is -2.14. The zero-order chi connectivity index (χ0) is 35.7. The highest BCUT2D eigenvalue weighted by atomic mass is 16.7. The molecule has 0 saturated carbocycles. The standard InChI is InChI=1S/C19H16O7.C11H19NO4.C5H10N2O/c1-26-11-4-2-3-8-13(11)19(25)15-14(16(8)22)17(23)9-5-7(20)6-10(21)12(9)18(15)24;1-7-9-8(3-5-14-7)12-4-6-15-11(13-2)10(12)16-9;8-4-7-5-1-2-6-3-5/h2-4,7,10,20-21,23-24H,5-6H2,1H3;7-11H,3-6H2,1-2H3;4-6H,1-3H2,(H,7,8)/t;7?,8?,9?,10-,11?;/m.1./s1. The van der Waals surface area contributed by atoms with Gasteiger partial charge in [-0.3, -0.25) is 19.3 Å². The van der Waals surface area contributed by atoms with Crippen LogP contribution < -0.4 is 15.4 Å². The van der Waals surface area contributed by atoms with Crippen LogP contribution in [0.4, 0.5) is 0 Å². The van der Waals surface area contributed by atoms with Crippen molar-refractivity contribution < 1.29 is 58.5 Å². The van der Waals surface area contributed by atoms with E-state index < -0.39 is 35.3 Å². The summed E-state index contributed by atoms with van der Waals surface area (Å²) in [6.07, 6.45) is 0.629. The van der Waals surface area contributed by atoms with Crippen molar-refractivity contribution in [3.63, 3.8) is 0 Å². The van der Waals surface area contributed by atoms with Gasteiger partial charge in [0.05, 0.1) is 48.7 Å². The first kappa shape index (κ1) is 36.1. The van der Waals surface area contributed by atoms with Crippen LogP contribution in [-0.4, -0.2) is 133 Å². The molecule has 4 aliphatic heterocycles. The Morgan fingerprint density at radius 2 is 1.80 bits per heavy atom. The summed E-state index contributed by atoms with van der Waals surface area (Å²) in [5, 5.41) is 47.3. The number of rotatable bonds is 4. The number of hydrogen-bond donors (Lipinski definition) is 6. The van der Waals surface area contributed by atoms with E-state index in [1.54, 1.807) is 13.2 Å². The molecule has 4 saturated heterocycles. The number of phenolic OH excluding ortho intramolecular Hbond substituents is 2. The minimum absolute atomic E-state index is 0.00693. The molecule has 8 atom stereocenters. The quantitative estimate of drug-likeness (QED) is 0.162. The van der Waals surface area contributed by atoms with Crippen LogP contribution in [0.1, 0.15) is 75.3 Å². The Kier molecular flexibility index (Phi) is 11.0. The number of aliphatic hydroxyl groups excluding tert-OH is 2. The molecule has 15 heteroatoms. The number of ether oxygens (including phenoxy) is 5. The van der Waals surface area contributed by atoms with Gasteiger partial charge in [0.15, 0.2) is 18.3 Å². The molecular weight excluding hydrogens is 654 g/mol. The topological polar surface area (TPSA) is 206 Å². The largest absolute Gasteiger partial charge is 0.507 e. The Morgan fingerprint density at radius 1 is 1.02 bits per heavy atom. The summed E-state index contributed by atoms with van der Waals surface area (Å²) in [5.41, 5.74) is -0.529. The number of aromatic hydroxyl groups is 2. The molecular formula is C35H45N3O12. The number of amides is 1. The summed E-state index contributed by atoms with van der Waals surface area (Å²) in [7, 11) is 3.03. The van der Waals surface area contributed by atoms with E-state index in [1.807, 2.05) is 0 Å². The number of aliphatic hydroxyl groups is 2. The average molecular weight is 700 g/mol. The molecule has 50 heavy (non-hydrogen) atoms. The maximum atomic E-state index is 13.0. The third-order valence-electron chi connectivity index (χ3n) is 10.2. The predicted octanol–water partition coefficient (Wildman–Crippen LogP) is 0.510. The van der Waals surface area contributed by atoms with Crippen molar-refractivity contribution in [1.29, 1.82) is 0 Å². The number of fused-ring (bicyclic) bond motifs is 6. The van der Waals surface area contributed by atoms with Gasteiger partial charge < -0.3 is 54.7 Å². The SMILES string of the molecule is COC1OCCN2C3CCOC(C)C3O[C@H]12.COc1cccc2c1C(=O)c1c(O)c3c(c(O)c1C2=O)CC(O)CC3O.O=CNC1CCNC1. The van der Waals surface area contributed by atoms with E-state index in [9.17, 15) is 34.8 Å². The number of phenols is 2. The molecule has 4 heterocycles. The number of nitrogens with one attached hydrogen (secondary N) is 2. The molecule has 6 aliphatic rings. The summed E-state index contributed by atoms with van der Waals surface area (Å²) >= 11 is 0. The number of benzene rings is 2. The van der Waals surface area contributed by atoms with E-state index in [2.05, 4.69) is 22.5 Å². The Morgan fingerprint density at radius 3 is 2.50 bits per heavy atom. The van der Waals surface area contributed by atoms with E-state index >= 15 is 0 Å². The second-order valence-corrected chi connectivity index (χ2v) is 13.1. The van der Waals surface area contributed by atoms with Crippen LogP contribution in [0.25, 0.3) is 0 Å². The van der Waals surface area contributed by atoms with E-state index in [0.29, 0.717) is 12.1 Å². The lowest BCUT2D eigenvalue weighted by Gasteiger charge is -2.37. The van der Waals surface area contributed by atoms with E-state index in [-0.39, 0.29) is 76.7 Å². The van der Waals surface area contributed by atoms with Crippen molar-refractivity contribution >= 4 is 18.0 Å². The molecule has 1 amide bonds. The van der Waals surface area contributed by atoms with Crippen LogP contribution in [0.15, 0.2) is 18.2 Å². The van der Waals surface area contributed by atoms with Gasteiger partial charge in [-0.1, -0.05) is 12.1 Å². The Labute approximate surface area is 289 Å². The lowest BCUT2D eigenvalue weighted by molar-refractivity contribution is -0.246. The highest BCUT2D eigenvalue weighted by Gasteiger charge is 2.51. The second-order valence-electron chi connectivity index (χ2n) is 13.1. The molecule has 6 N–H and O–H groups in total. The molecule has 0 aromatic heterocycles. The number of ketones is 2. The molecule has 15 nitrogen and oxygen atoms in total. The average Bonchev–Trinajstić information content (AvgIpc) is 3.77. The van der Waals surface area contributed by atoms with Crippen LogP contribution in [0, 0.1) is 0 Å². The zero-order valence-corrected chi connectivity index (χ0v) is 28.3. The molecule has 0 radical (unpaired) electrons. The summed E-state index contributed by atoms with van der Waals surface area (Å²) in [6, 6.07) is 5.37. The Bertz CT molecular complexity index is 1600. The van der Waals surface area contributed by atoms with Gasteiger partial charge in [0.25, 0.3) is 0 Å². The van der Waals surface area contributed by atoms with Gasteiger partial charge in [0.2, 0.25) is 12.2 Å². The number of nitrogens with zero attached hydrogens (tertiary/aromatic N) is 1. The predicted molar refractivity (Wildman–Crippen MR) is 175 cm³/mol. The number of methoxy groups -OCH3 is 2. The highest BCUT2D eigenvalue weighted by Crippen LogP contribution is 2.49. The maximum Gasteiger partial charge on any atom is 0.207 e. The van der Waals surface area contributed by atoms with Crippen molar-refractivity contribution in [2.75, 3.05) is 47.1 Å². The third-order valence-corrected chi connectivity index (χ3v) is 10.2. The third kappa shape index (κ3) is 6.60. The van der Waals surface area contributed by atoms with Gasteiger partial charge >= 0.3 is 0 Å². The molecule has 2 aromatic rings. The summed E-state index contributed by atoms with van der Waals surface area (Å²) < 4.78 is 27.7. The monoisotopic (exact) mass is 699 g/mol. The molecule has 272 valence electrons. The van der Waals surface area contributed by atoms with Crippen molar-refractivity contribution in [3.05, 3.63) is 51.6 Å². The van der Waals surface area contributed by atoms with Gasteiger partial charge in [0, 0.05) is 68.4 Å². The van der Waals surface area contributed by atoms with Crippen molar-refractivity contribution in [2.24, 2.45) is 0 Å². The normalized spacial score (nSPS) is 31.0. The van der Waals surface area contributed by atoms with Crippen molar-refractivity contribution in [1.82, 2.24) is 15.5 Å². The van der Waals surface area contributed by atoms with Gasteiger partial charge in [-0.05, 0) is 32.4 Å². The molecule has 4 fully saturated rings. The van der Waals surface area contributed by atoms with Crippen molar-refractivity contribution in [2.45, 2.75) is 81.6 Å². The number of morpholine rings is 1. The molecule has 0 spiro atoms. The van der Waals surface area contributed by atoms with Gasteiger partial charge in [-0.15, -0.1) is 0 Å². The smallest absolute Gasteiger partial charge is 0.207 e. The first-order chi connectivity index (χ1) is 24.1. The fourth-order valence-electron chi connectivity index (χ4n) is 7.76. The van der Waals surface area contributed by atoms with Crippen LogP contribution >= 0.6 is 0 Å². The molecule has 0 bridgehead atoms. The number of hydrogen-bond acceptors (Lipinski definition) is 14. The molecule has 2 aliphatic carbocycles. The fraction of sp³-hybridized carbons (Fsp3) is 0.571. The van der Waals surface area contributed by atoms with Crippen molar-refractivity contribution in [3.8, 4) is 17.2 Å². The fourth-order valence-corrected chi connectivity index (χ4v) is 7.76. The summed E-state index contributed by atoms with van der Waals surface area (Å²) in [6.45, 7) is 6.52. The minimum atomic E-state index is -1.26.